The van der Waals surface area contributed by atoms with Crippen molar-refractivity contribution in [2.75, 3.05) is 19.0 Å². The Morgan fingerprint density at radius 2 is 1.90 bits per heavy atom. The Labute approximate surface area is 171 Å². The summed E-state index contributed by atoms with van der Waals surface area (Å²) in [4.78, 5) is 12.0. The van der Waals surface area contributed by atoms with Gasteiger partial charge in [-0.25, -0.2) is 9.97 Å². The molecule has 2 fully saturated rings. The number of hydrogen-bond donors (Lipinski definition) is 1. The minimum absolute atomic E-state index is 0.0750. The van der Waals surface area contributed by atoms with Gasteiger partial charge in [-0.05, 0) is 56.0 Å². The molecule has 1 N–H and O–H groups in total. The molecule has 29 heavy (non-hydrogen) atoms. The summed E-state index contributed by atoms with van der Waals surface area (Å²) in [5.41, 5.74) is -0.768. The molecule has 10 heteroatoms. The molecule has 0 atom stereocenters. The number of alkyl halides is 3. The van der Waals surface area contributed by atoms with E-state index in [0.29, 0.717) is 29.9 Å². The van der Waals surface area contributed by atoms with Crippen LogP contribution in [0, 0.1) is 5.92 Å². The van der Waals surface area contributed by atoms with E-state index in [4.69, 9.17) is 16.3 Å². The van der Waals surface area contributed by atoms with Crippen LogP contribution in [-0.4, -0.2) is 33.2 Å². The van der Waals surface area contributed by atoms with Crippen LogP contribution in [0.5, 0.6) is 5.75 Å². The van der Waals surface area contributed by atoms with Crippen molar-refractivity contribution in [1.82, 2.24) is 19.5 Å². The molecule has 0 aliphatic heterocycles. The average molecular weight is 430 g/mol. The molecule has 4 rings (SSSR count). The molecular formula is C19H23ClF3N5O. The second-order valence-corrected chi connectivity index (χ2v) is 8.11. The first-order valence-electron chi connectivity index (χ1n) is 9.81. The van der Waals surface area contributed by atoms with E-state index in [1.807, 2.05) is 0 Å². The first-order chi connectivity index (χ1) is 13.8. The van der Waals surface area contributed by atoms with Gasteiger partial charge in [-0.1, -0.05) is 0 Å². The Morgan fingerprint density at radius 3 is 2.52 bits per heavy atom. The van der Waals surface area contributed by atoms with Crippen molar-refractivity contribution in [1.29, 1.82) is 0 Å². The lowest BCUT2D eigenvalue weighted by Gasteiger charge is -2.29. The number of hydrogen-bond acceptors (Lipinski definition) is 5. The Bertz CT molecular complexity index is 860. The zero-order chi connectivity index (χ0) is 20.6. The zero-order valence-electron chi connectivity index (χ0n) is 16.0. The van der Waals surface area contributed by atoms with Crippen LogP contribution in [0.1, 0.15) is 62.0 Å². The van der Waals surface area contributed by atoms with Crippen molar-refractivity contribution in [3.63, 3.8) is 0 Å². The maximum atomic E-state index is 13.1. The molecule has 2 aliphatic rings. The van der Waals surface area contributed by atoms with Gasteiger partial charge in [-0.2, -0.15) is 18.2 Å². The first-order valence-corrected chi connectivity index (χ1v) is 10.2. The number of rotatable bonds is 6. The summed E-state index contributed by atoms with van der Waals surface area (Å²) in [6.45, 7) is 0.696. The fourth-order valence-corrected chi connectivity index (χ4v) is 4.12. The molecule has 2 aliphatic carbocycles. The molecule has 2 saturated carbocycles. The standard InChI is InChI=1S/C19H23ClF3N5O/c1-29-14-9-25-18(20)27-16(14)24-8-11-2-4-12(5-3-11)17-26-15(19(21,22)23)10-28(17)13-6-7-13/h9-13H,2-8H2,1H3,(H,24,25,27). The van der Waals surface area contributed by atoms with E-state index in [1.54, 1.807) is 11.7 Å². The highest BCUT2D eigenvalue weighted by atomic mass is 35.5. The second-order valence-electron chi connectivity index (χ2n) is 7.78. The van der Waals surface area contributed by atoms with Gasteiger partial charge in [-0.15, -0.1) is 0 Å². The van der Waals surface area contributed by atoms with Crippen LogP contribution in [0.2, 0.25) is 5.28 Å². The minimum atomic E-state index is -4.39. The summed E-state index contributed by atoms with van der Waals surface area (Å²) >= 11 is 5.85. The molecule has 0 unspecified atom stereocenters. The van der Waals surface area contributed by atoms with Gasteiger partial charge in [0.1, 0.15) is 5.82 Å². The fraction of sp³-hybridized carbons (Fsp3) is 0.632. The van der Waals surface area contributed by atoms with Gasteiger partial charge in [0.05, 0.1) is 13.3 Å². The molecule has 2 aromatic rings. The topological polar surface area (TPSA) is 64.9 Å². The molecule has 2 aromatic heterocycles. The maximum Gasteiger partial charge on any atom is 0.434 e. The normalized spacial score (nSPS) is 22.5. The van der Waals surface area contributed by atoms with E-state index in [9.17, 15) is 13.2 Å². The zero-order valence-corrected chi connectivity index (χ0v) is 16.8. The summed E-state index contributed by atoms with van der Waals surface area (Å²) in [5, 5.41) is 3.41. The number of anilines is 1. The van der Waals surface area contributed by atoms with Gasteiger partial charge < -0.3 is 14.6 Å². The lowest BCUT2D eigenvalue weighted by atomic mass is 9.81. The molecule has 0 saturated heterocycles. The number of nitrogens with one attached hydrogen (secondary N) is 1. The molecular weight excluding hydrogens is 407 g/mol. The minimum Gasteiger partial charge on any atom is -0.491 e. The molecule has 0 radical (unpaired) electrons. The highest BCUT2D eigenvalue weighted by Gasteiger charge is 2.39. The number of methoxy groups -OCH3 is 1. The van der Waals surface area contributed by atoms with E-state index < -0.39 is 11.9 Å². The van der Waals surface area contributed by atoms with Gasteiger partial charge in [0.2, 0.25) is 5.28 Å². The van der Waals surface area contributed by atoms with Crippen LogP contribution < -0.4 is 10.1 Å². The molecule has 0 bridgehead atoms. The highest BCUT2D eigenvalue weighted by Crippen LogP contribution is 2.43. The van der Waals surface area contributed by atoms with Gasteiger partial charge in [0.25, 0.3) is 0 Å². The lowest BCUT2D eigenvalue weighted by molar-refractivity contribution is -0.141. The van der Waals surface area contributed by atoms with Crippen molar-refractivity contribution in [3.05, 3.63) is 29.2 Å². The molecule has 0 spiro atoms. The van der Waals surface area contributed by atoms with E-state index in [-0.39, 0.29) is 17.2 Å². The summed E-state index contributed by atoms with van der Waals surface area (Å²) in [6.07, 6.45) is 3.68. The van der Waals surface area contributed by atoms with Crippen molar-refractivity contribution in [2.45, 2.75) is 56.7 Å². The quantitative estimate of drug-likeness (QED) is 0.649. The molecule has 158 valence electrons. The number of nitrogens with zero attached hydrogens (tertiary/aromatic N) is 4. The first kappa shape index (κ1) is 20.3. The molecule has 0 aromatic carbocycles. The Balaban J connectivity index is 1.38. The number of imidazole rings is 1. The third-order valence-electron chi connectivity index (χ3n) is 5.71. The number of halogens is 4. The summed E-state index contributed by atoms with van der Waals surface area (Å²) < 4.78 is 46.4. The third kappa shape index (κ3) is 4.60. The Morgan fingerprint density at radius 1 is 1.17 bits per heavy atom. The predicted molar refractivity (Wildman–Crippen MR) is 102 cm³/mol. The highest BCUT2D eigenvalue weighted by molar-refractivity contribution is 6.28. The van der Waals surface area contributed by atoms with Crippen LogP contribution in [0.4, 0.5) is 19.0 Å². The second kappa shape index (κ2) is 8.01. The summed E-state index contributed by atoms with van der Waals surface area (Å²) in [5.74, 6) is 2.15. The monoisotopic (exact) mass is 429 g/mol. The molecule has 2 heterocycles. The van der Waals surface area contributed by atoms with Crippen LogP contribution in [0.15, 0.2) is 12.4 Å². The SMILES string of the molecule is COc1cnc(Cl)nc1NCC1CCC(c2nc(C(F)(F)F)cn2C2CC2)CC1. The number of ether oxygens (including phenoxy) is 1. The van der Waals surface area contributed by atoms with Crippen molar-refractivity contribution in [3.8, 4) is 5.75 Å². The van der Waals surface area contributed by atoms with E-state index in [2.05, 4.69) is 20.3 Å². The predicted octanol–water partition coefficient (Wildman–Crippen LogP) is 5.07. The smallest absolute Gasteiger partial charge is 0.434 e. The Hall–Kier alpha value is -2.03. The average Bonchev–Trinajstić information content (AvgIpc) is 3.43. The van der Waals surface area contributed by atoms with Gasteiger partial charge in [0.15, 0.2) is 17.3 Å². The van der Waals surface area contributed by atoms with Crippen LogP contribution >= 0.6 is 11.6 Å². The van der Waals surface area contributed by atoms with Crippen LogP contribution in [-0.2, 0) is 6.18 Å². The van der Waals surface area contributed by atoms with Crippen LogP contribution in [0.3, 0.4) is 0 Å². The lowest BCUT2D eigenvalue weighted by Crippen LogP contribution is -2.22. The van der Waals surface area contributed by atoms with Gasteiger partial charge in [0, 0.05) is 24.7 Å². The third-order valence-corrected chi connectivity index (χ3v) is 5.89. The van der Waals surface area contributed by atoms with Gasteiger partial charge >= 0.3 is 6.18 Å². The van der Waals surface area contributed by atoms with E-state index in [1.165, 1.54) is 12.4 Å². The number of aromatic nitrogens is 4. The van der Waals surface area contributed by atoms with Crippen LogP contribution in [0.25, 0.3) is 0 Å². The summed E-state index contributed by atoms with van der Waals surface area (Å²) in [6, 6.07) is 0.183. The molecule has 6 nitrogen and oxygen atoms in total. The maximum absolute atomic E-state index is 13.1. The summed E-state index contributed by atoms with van der Waals surface area (Å²) in [7, 11) is 1.54. The van der Waals surface area contributed by atoms with Crippen molar-refractivity contribution < 1.29 is 17.9 Å². The van der Waals surface area contributed by atoms with Crippen molar-refractivity contribution in [2.24, 2.45) is 5.92 Å². The van der Waals surface area contributed by atoms with E-state index in [0.717, 1.165) is 38.5 Å². The Kier molecular flexibility index (Phi) is 5.59. The van der Waals surface area contributed by atoms with Crippen molar-refractivity contribution >= 4 is 17.4 Å². The van der Waals surface area contributed by atoms with E-state index >= 15 is 0 Å². The van der Waals surface area contributed by atoms with Gasteiger partial charge in [-0.3, -0.25) is 0 Å². The largest absolute Gasteiger partial charge is 0.491 e. The molecule has 0 amide bonds. The fourth-order valence-electron chi connectivity index (χ4n) is 3.98.